The molecule has 1 heterocycles. The van der Waals surface area contributed by atoms with Crippen LogP contribution in [0.4, 0.5) is 0 Å². The highest BCUT2D eigenvalue weighted by molar-refractivity contribution is 9.11. The molecule has 1 amide bonds. The second-order valence-electron chi connectivity index (χ2n) is 4.78. The van der Waals surface area contributed by atoms with Crippen molar-refractivity contribution in [1.29, 1.82) is 0 Å². The molecule has 1 saturated carbocycles. The van der Waals surface area contributed by atoms with Crippen molar-refractivity contribution in [3.8, 4) is 0 Å². The van der Waals surface area contributed by atoms with Crippen LogP contribution in [0.2, 0.25) is 0 Å². The molecule has 1 aromatic heterocycles. The molecule has 0 radical (unpaired) electrons. The van der Waals surface area contributed by atoms with Crippen LogP contribution in [0.3, 0.4) is 0 Å². The van der Waals surface area contributed by atoms with E-state index < -0.39 is 0 Å². The van der Waals surface area contributed by atoms with E-state index in [1.165, 1.54) is 4.88 Å². The average Bonchev–Trinajstić information content (AvgIpc) is 2.97. The van der Waals surface area contributed by atoms with Crippen LogP contribution < -0.4 is 11.1 Å². The summed E-state index contributed by atoms with van der Waals surface area (Å²) >= 11 is 5.16. The van der Waals surface area contributed by atoms with Gasteiger partial charge >= 0.3 is 0 Å². The Balaban J connectivity index is 1.74. The summed E-state index contributed by atoms with van der Waals surface area (Å²) in [6, 6.07) is 4.14. The molecule has 2 atom stereocenters. The maximum Gasteiger partial charge on any atom is 0.223 e. The van der Waals surface area contributed by atoms with Gasteiger partial charge in [0, 0.05) is 17.3 Å². The first kappa shape index (κ1) is 14.0. The van der Waals surface area contributed by atoms with E-state index in [0.717, 1.165) is 36.0 Å². The largest absolute Gasteiger partial charge is 0.355 e. The van der Waals surface area contributed by atoms with Crippen molar-refractivity contribution >= 4 is 33.2 Å². The fourth-order valence-corrected chi connectivity index (χ4v) is 4.07. The first-order chi connectivity index (χ1) is 8.70. The number of halogens is 1. The zero-order chi connectivity index (χ0) is 13.0. The van der Waals surface area contributed by atoms with Gasteiger partial charge in [-0.25, -0.2) is 0 Å². The van der Waals surface area contributed by atoms with Crippen molar-refractivity contribution in [2.45, 2.75) is 25.7 Å². The Hall–Kier alpha value is -0.390. The van der Waals surface area contributed by atoms with Gasteiger partial charge in [0.1, 0.15) is 0 Å². The van der Waals surface area contributed by atoms with Crippen LogP contribution in [0.25, 0.3) is 0 Å². The maximum atomic E-state index is 12.0. The summed E-state index contributed by atoms with van der Waals surface area (Å²) in [5.74, 6) is 0.726. The van der Waals surface area contributed by atoms with E-state index in [2.05, 4.69) is 27.3 Å². The predicted molar refractivity (Wildman–Crippen MR) is 78.6 cm³/mol. The highest BCUT2D eigenvalue weighted by Crippen LogP contribution is 2.30. The molecule has 1 aromatic rings. The molecule has 1 aliphatic rings. The van der Waals surface area contributed by atoms with Crippen molar-refractivity contribution in [2.24, 2.45) is 17.6 Å². The van der Waals surface area contributed by atoms with Crippen molar-refractivity contribution in [3.63, 3.8) is 0 Å². The SMILES string of the molecule is NCC1CCCC1C(=O)NCCc1ccc(Br)s1. The number of nitrogens with one attached hydrogen (secondary N) is 1. The van der Waals surface area contributed by atoms with Gasteiger partial charge in [0.15, 0.2) is 0 Å². The van der Waals surface area contributed by atoms with Gasteiger partial charge in [0.2, 0.25) is 5.91 Å². The van der Waals surface area contributed by atoms with Crippen molar-refractivity contribution in [3.05, 3.63) is 20.8 Å². The fraction of sp³-hybridized carbons (Fsp3) is 0.615. The average molecular weight is 331 g/mol. The van der Waals surface area contributed by atoms with E-state index in [9.17, 15) is 4.79 Å². The summed E-state index contributed by atoms with van der Waals surface area (Å²) < 4.78 is 1.14. The van der Waals surface area contributed by atoms with Gasteiger partial charge in [-0.3, -0.25) is 4.79 Å². The monoisotopic (exact) mass is 330 g/mol. The summed E-state index contributed by atoms with van der Waals surface area (Å²) in [6.07, 6.45) is 4.14. The summed E-state index contributed by atoms with van der Waals surface area (Å²) in [5, 5.41) is 3.04. The van der Waals surface area contributed by atoms with Gasteiger partial charge in [-0.05, 0) is 59.8 Å². The standard InChI is InChI=1S/C13H19BrN2OS/c14-12-5-4-10(18-12)6-7-16-13(17)11-3-1-2-9(11)8-15/h4-5,9,11H,1-3,6-8,15H2,(H,16,17). The lowest BCUT2D eigenvalue weighted by Gasteiger charge is -2.17. The van der Waals surface area contributed by atoms with Crippen LogP contribution in [0.1, 0.15) is 24.1 Å². The quantitative estimate of drug-likeness (QED) is 0.871. The Kier molecular flexibility index (Phi) is 5.21. The number of hydrogen-bond donors (Lipinski definition) is 2. The lowest BCUT2D eigenvalue weighted by molar-refractivity contribution is -0.125. The van der Waals surface area contributed by atoms with E-state index in [1.54, 1.807) is 11.3 Å². The minimum atomic E-state index is 0.144. The number of carbonyl (C=O) groups excluding carboxylic acids is 1. The lowest BCUT2D eigenvalue weighted by Crippen LogP contribution is -2.36. The molecule has 0 aromatic carbocycles. The van der Waals surface area contributed by atoms with E-state index in [-0.39, 0.29) is 11.8 Å². The molecular formula is C13H19BrN2OS. The van der Waals surface area contributed by atoms with E-state index in [4.69, 9.17) is 5.73 Å². The Morgan fingerprint density at radius 1 is 1.50 bits per heavy atom. The molecule has 0 saturated heterocycles. The molecular weight excluding hydrogens is 312 g/mol. The molecule has 0 bridgehead atoms. The first-order valence-corrected chi connectivity index (χ1v) is 8.03. The smallest absolute Gasteiger partial charge is 0.223 e. The Morgan fingerprint density at radius 2 is 2.33 bits per heavy atom. The van der Waals surface area contributed by atoms with E-state index in [1.807, 2.05) is 6.07 Å². The van der Waals surface area contributed by atoms with Crippen LogP contribution in [0.15, 0.2) is 15.9 Å². The minimum absolute atomic E-state index is 0.144. The highest BCUT2D eigenvalue weighted by Gasteiger charge is 2.31. The van der Waals surface area contributed by atoms with Crippen LogP contribution in [0.5, 0.6) is 0 Å². The molecule has 5 heteroatoms. The third-order valence-corrected chi connectivity index (χ3v) is 5.28. The minimum Gasteiger partial charge on any atom is -0.355 e. The lowest BCUT2D eigenvalue weighted by atomic mass is 9.95. The second kappa shape index (κ2) is 6.68. The Morgan fingerprint density at radius 3 is 3.00 bits per heavy atom. The van der Waals surface area contributed by atoms with Crippen LogP contribution >= 0.6 is 27.3 Å². The summed E-state index contributed by atoms with van der Waals surface area (Å²) in [6.45, 7) is 1.36. The summed E-state index contributed by atoms with van der Waals surface area (Å²) in [7, 11) is 0. The summed E-state index contributed by atoms with van der Waals surface area (Å²) in [5.41, 5.74) is 5.70. The Labute approximate surface area is 120 Å². The predicted octanol–water partition coefficient (Wildman–Crippen LogP) is 2.54. The highest BCUT2D eigenvalue weighted by atomic mass is 79.9. The fourth-order valence-electron chi connectivity index (χ4n) is 2.59. The molecule has 1 aliphatic carbocycles. The number of rotatable bonds is 5. The molecule has 0 aliphatic heterocycles. The molecule has 1 fully saturated rings. The molecule has 100 valence electrons. The van der Waals surface area contributed by atoms with Gasteiger partial charge in [-0.15, -0.1) is 11.3 Å². The summed E-state index contributed by atoms with van der Waals surface area (Å²) in [4.78, 5) is 13.3. The van der Waals surface area contributed by atoms with Gasteiger partial charge in [-0.2, -0.15) is 0 Å². The van der Waals surface area contributed by atoms with Crippen LogP contribution in [-0.4, -0.2) is 19.0 Å². The van der Waals surface area contributed by atoms with Gasteiger partial charge < -0.3 is 11.1 Å². The number of carbonyl (C=O) groups is 1. The number of amides is 1. The number of hydrogen-bond acceptors (Lipinski definition) is 3. The molecule has 3 N–H and O–H groups in total. The normalized spacial score (nSPS) is 23.2. The van der Waals surface area contributed by atoms with Crippen molar-refractivity contribution in [2.75, 3.05) is 13.1 Å². The van der Waals surface area contributed by atoms with E-state index in [0.29, 0.717) is 12.5 Å². The number of thiophene rings is 1. The molecule has 18 heavy (non-hydrogen) atoms. The second-order valence-corrected chi connectivity index (χ2v) is 7.33. The Bertz CT molecular complexity index is 407. The third-order valence-electron chi connectivity index (χ3n) is 3.60. The van der Waals surface area contributed by atoms with Crippen molar-refractivity contribution < 1.29 is 4.79 Å². The van der Waals surface area contributed by atoms with Crippen molar-refractivity contribution in [1.82, 2.24) is 5.32 Å². The zero-order valence-electron chi connectivity index (χ0n) is 10.3. The van der Waals surface area contributed by atoms with Gasteiger partial charge in [0.05, 0.1) is 3.79 Å². The zero-order valence-corrected chi connectivity index (χ0v) is 12.7. The molecule has 3 nitrogen and oxygen atoms in total. The molecule has 2 unspecified atom stereocenters. The van der Waals surface area contributed by atoms with Gasteiger partial charge in [-0.1, -0.05) is 6.42 Å². The third kappa shape index (κ3) is 3.56. The van der Waals surface area contributed by atoms with Crippen LogP contribution in [0, 0.1) is 11.8 Å². The van der Waals surface area contributed by atoms with E-state index >= 15 is 0 Å². The molecule has 0 spiro atoms. The van der Waals surface area contributed by atoms with Gasteiger partial charge in [0.25, 0.3) is 0 Å². The number of nitrogens with two attached hydrogens (primary N) is 1. The first-order valence-electron chi connectivity index (χ1n) is 6.42. The van der Waals surface area contributed by atoms with Crippen LogP contribution in [-0.2, 0) is 11.2 Å². The topological polar surface area (TPSA) is 55.1 Å². The maximum absolute atomic E-state index is 12.0. The molecule has 2 rings (SSSR count).